The lowest BCUT2D eigenvalue weighted by atomic mass is 10.3. The number of nitrogen functional groups attached to an aromatic ring is 1. The zero-order chi connectivity index (χ0) is 12.3. The lowest BCUT2D eigenvalue weighted by molar-refractivity contribution is 0.265. The molecule has 0 aromatic heterocycles. The van der Waals surface area contributed by atoms with Crippen LogP contribution in [0.15, 0.2) is 27.6 Å². The van der Waals surface area contributed by atoms with Crippen LogP contribution in [0.5, 0.6) is 0 Å². The highest BCUT2D eigenvalue weighted by molar-refractivity contribution is 9.10. The fourth-order valence-electron chi connectivity index (χ4n) is 1.05. The molecule has 0 bridgehead atoms. The van der Waals surface area contributed by atoms with E-state index in [9.17, 15) is 8.42 Å². The van der Waals surface area contributed by atoms with Gasteiger partial charge < -0.3 is 10.8 Å². The predicted molar refractivity (Wildman–Crippen MR) is 65.4 cm³/mol. The lowest BCUT2D eigenvalue weighted by Crippen LogP contribution is -2.34. The monoisotopic (exact) mass is 308 g/mol. The van der Waals surface area contributed by atoms with Crippen molar-refractivity contribution in [2.24, 2.45) is 0 Å². The van der Waals surface area contributed by atoms with Crippen LogP contribution in [0, 0.1) is 0 Å². The molecule has 4 N–H and O–H groups in total. The number of hydrogen-bond acceptors (Lipinski definition) is 4. The van der Waals surface area contributed by atoms with Crippen LogP contribution in [-0.4, -0.2) is 26.2 Å². The zero-order valence-electron chi connectivity index (χ0n) is 8.64. The van der Waals surface area contributed by atoms with Crippen molar-refractivity contribution in [1.29, 1.82) is 0 Å². The van der Waals surface area contributed by atoms with Gasteiger partial charge in [-0.3, -0.25) is 0 Å². The molecule has 1 aromatic rings. The Balaban J connectivity index is 3.03. The molecule has 90 valence electrons. The van der Waals surface area contributed by atoms with Crippen LogP contribution in [0.3, 0.4) is 0 Å². The van der Waals surface area contributed by atoms with Crippen LogP contribution in [0.25, 0.3) is 0 Å². The number of sulfonamides is 1. The second kappa shape index (κ2) is 5.13. The highest BCUT2D eigenvalue weighted by Crippen LogP contribution is 2.22. The van der Waals surface area contributed by atoms with E-state index >= 15 is 0 Å². The molecule has 0 aliphatic carbocycles. The molecule has 1 aromatic carbocycles. The van der Waals surface area contributed by atoms with Gasteiger partial charge in [-0.1, -0.05) is 0 Å². The fourth-order valence-corrected chi connectivity index (χ4v) is 2.84. The smallest absolute Gasteiger partial charge is 0.240 e. The Labute approximate surface area is 103 Å². The average Bonchev–Trinajstić information content (AvgIpc) is 2.21. The molecule has 0 spiro atoms. The molecule has 16 heavy (non-hydrogen) atoms. The van der Waals surface area contributed by atoms with E-state index in [0.29, 0.717) is 10.2 Å². The summed E-state index contributed by atoms with van der Waals surface area (Å²) in [5.74, 6) is 0. The van der Waals surface area contributed by atoms with Gasteiger partial charge in [0.2, 0.25) is 10.0 Å². The number of rotatable bonds is 4. The van der Waals surface area contributed by atoms with Gasteiger partial charge in [0.15, 0.2) is 0 Å². The van der Waals surface area contributed by atoms with Gasteiger partial charge in [0.1, 0.15) is 0 Å². The summed E-state index contributed by atoms with van der Waals surface area (Å²) in [5.41, 5.74) is 6.02. The number of aliphatic hydroxyl groups excluding tert-OH is 1. The molecule has 5 nitrogen and oxygen atoms in total. The van der Waals surface area contributed by atoms with Gasteiger partial charge >= 0.3 is 0 Å². The molecule has 0 saturated carbocycles. The molecule has 0 radical (unpaired) electrons. The van der Waals surface area contributed by atoms with Crippen molar-refractivity contribution in [2.75, 3.05) is 12.3 Å². The molecule has 0 aliphatic rings. The summed E-state index contributed by atoms with van der Waals surface area (Å²) in [6.45, 7) is 1.32. The summed E-state index contributed by atoms with van der Waals surface area (Å²) >= 11 is 3.16. The number of nitrogens with one attached hydrogen (secondary N) is 1. The Hall–Kier alpha value is -0.630. The van der Waals surface area contributed by atoms with Crippen LogP contribution in [0.2, 0.25) is 0 Å². The first-order valence-corrected chi connectivity index (χ1v) is 6.82. The minimum Gasteiger partial charge on any atom is -0.398 e. The van der Waals surface area contributed by atoms with E-state index in [1.807, 2.05) is 0 Å². The number of aliphatic hydroxyl groups is 1. The highest BCUT2D eigenvalue weighted by atomic mass is 79.9. The summed E-state index contributed by atoms with van der Waals surface area (Å²) in [6.07, 6.45) is 0. The van der Waals surface area contributed by atoms with Crippen molar-refractivity contribution in [3.05, 3.63) is 22.7 Å². The normalized spacial score (nSPS) is 13.7. The third kappa shape index (κ3) is 3.18. The first-order chi connectivity index (χ1) is 7.36. The topological polar surface area (TPSA) is 92.4 Å². The second-order valence-corrected chi connectivity index (χ2v) is 5.96. The van der Waals surface area contributed by atoms with Crippen LogP contribution in [0.1, 0.15) is 6.92 Å². The number of halogens is 1. The predicted octanol–water partition coefficient (Wildman–Crippen LogP) is 0.690. The first-order valence-electron chi connectivity index (χ1n) is 4.55. The van der Waals surface area contributed by atoms with Crippen molar-refractivity contribution in [3.8, 4) is 0 Å². The van der Waals surface area contributed by atoms with Crippen molar-refractivity contribution < 1.29 is 13.5 Å². The van der Waals surface area contributed by atoms with Gasteiger partial charge in [0, 0.05) is 16.2 Å². The number of benzene rings is 1. The van der Waals surface area contributed by atoms with Gasteiger partial charge in [-0.2, -0.15) is 0 Å². The molecular weight excluding hydrogens is 296 g/mol. The molecule has 0 saturated heterocycles. The first kappa shape index (κ1) is 13.4. The molecule has 0 amide bonds. The zero-order valence-corrected chi connectivity index (χ0v) is 11.0. The number of anilines is 1. The number of nitrogens with two attached hydrogens (primary N) is 1. The summed E-state index contributed by atoms with van der Waals surface area (Å²) < 4.78 is 26.4. The largest absolute Gasteiger partial charge is 0.398 e. The van der Waals surface area contributed by atoms with Crippen molar-refractivity contribution >= 4 is 31.6 Å². The molecule has 0 fully saturated rings. The van der Waals surface area contributed by atoms with Crippen LogP contribution < -0.4 is 10.5 Å². The molecule has 0 heterocycles. The van der Waals surface area contributed by atoms with Crippen molar-refractivity contribution in [2.45, 2.75) is 17.9 Å². The SMILES string of the molecule is CC(CO)NS(=O)(=O)c1ccc(N)c(Br)c1. The van der Waals surface area contributed by atoms with Crippen LogP contribution in [-0.2, 0) is 10.0 Å². The Bertz CT molecular complexity index is 476. The maximum absolute atomic E-state index is 11.8. The Morgan fingerprint density at radius 3 is 2.69 bits per heavy atom. The maximum Gasteiger partial charge on any atom is 0.240 e. The van der Waals surface area contributed by atoms with E-state index in [-0.39, 0.29) is 11.5 Å². The van der Waals surface area contributed by atoms with Gasteiger partial charge in [-0.25, -0.2) is 13.1 Å². The van der Waals surface area contributed by atoms with E-state index in [4.69, 9.17) is 10.8 Å². The highest BCUT2D eigenvalue weighted by Gasteiger charge is 2.17. The molecule has 1 rings (SSSR count). The van der Waals surface area contributed by atoms with Gasteiger partial charge in [-0.05, 0) is 41.1 Å². The van der Waals surface area contributed by atoms with E-state index in [2.05, 4.69) is 20.7 Å². The molecule has 1 atom stereocenters. The van der Waals surface area contributed by atoms with Crippen LogP contribution >= 0.6 is 15.9 Å². The Kier molecular flexibility index (Phi) is 4.31. The van der Waals surface area contributed by atoms with Gasteiger partial charge in [0.05, 0.1) is 11.5 Å². The summed E-state index contributed by atoms with van der Waals surface area (Å²) in [6, 6.07) is 3.80. The Morgan fingerprint density at radius 1 is 1.56 bits per heavy atom. The van der Waals surface area contributed by atoms with E-state index in [1.54, 1.807) is 6.92 Å². The number of hydrogen-bond donors (Lipinski definition) is 3. The van der Waals surface area contributed by atoms with Gasteiger partial charge in [0.25, 0.3) is 0 Å². The third-order valence-corrected chi connectivity index (χ3v) is 4.19. The molecule has 7 heteroatoms. The minimum atomic E-state index is -3.61. The third-order valence-electron chi connectivity index (χ3n) is 1.91. The summed E-state index contributed by atoms with van der Waals surface area (Å²) in [4.78, 5) is 0.105. The van der Waals surface area contributed by atoms with Gasteiger partial charge in [-0.15, -0.1) is 0 Å². The van der Waals surface area contributed by atoms with E-state index in [1.165, 1.54) is 18.2 Å². The molecule has 0 aliphatic heterocycles. The van der Waals surface area contributed by atoms with Crippen LogP contribution in [0.4, 0.5) is 5.69 Å². The van der Waals surface area contributed by atoms with E-state index < -0.39 is 16.1 Å². The van der Waals surface area contributed by atoms with E-state index in [0.717, 1.165) is 0 Å². The minimum absolute atomic E-state index is 0.105. The quantitative estimate of drug-likeness (QED) is 0.714. The summed E-state index contributed by atoms with van der Waals surface area (Å²) in [7, 11) is -3.61. The Morgan fingerprint density at radius 2 is 2.19 bits per heavy atom. The lowest BCUT2D eigenvalue weighted by Gasteiger charge is -2.12. The van der Waals surface area contributed by atoms with Crippen molar-refractivity contribution in [1.82, 2.24) is 4.72 Å². The average molecular weight is 309 g/mol. The fraction of sp³-hybridized carbons (Fsp3) is 0.333. The standard InChI is InChI=1S/C9H13BrN2O3S/c1-6(5-13)12-16(14,15)7-2-3-9(11)8(10)4-7/h2-4,6,12-13H,5,11H2,1H3. The summed E-state index contributed by atoms with van der Waals surface area (Å²) in [5, 5.41) is 8.79. The second-order valence-electron chi connectivity index (χ2n) is 3.39. The maximum atomic E-state index is 11.8. The molecular formula is C9H13BrN2O3S. The van der Waals surface area contributed by atoms with Crippen molar-refractivity contribution in [3.63, 3.8) is 0 Å². The molecule has 1 unspecified atom stereocenters.